The van der Waals surface area contributed by atoms with E-state index in [0.717, 1.165) is 17.5 Å². The van der Waals surface area contributed by atoms with E-state index >= 15 is 0 Å². The summed E-state index contributed by atoms with van der Waals surface area (Å²) in [7, 11) is 3.23. The van der Waals surface area contributed by atoms with Crippen molar-refractivity contribution in [3.8, 4) is 11.5 Å². The van der Waals surface area contributed by atoms with Gasteiger partial charge in [-0.25, -0.2) is 0 Å². The molecule has 1 fully saturated rings. The third kappa shape index (κ3) is 6.08. The molecule has 0 amide bonds. The minimum atomic E-state index is -0.550. The minimum Gasteiger partial charge on any atom is -0.493 e. The molecule has 1 N–H and O–H groups in total. The summed E-state index contributed by atoms with van der Waals surface area (Å²) in [6.45, 7) is 2.85. The van der Waals surface area contributed by atoms with Crippen molar-refractivity contribution in [2.24, 2.45) is 5.92 Å². The molecule has 1 aliphatic rings. The number of ether oxygens (including phenoxy) is 4. The molecule has 0 aliphatic carbocycles. The van der Waals surface area contributed by atoms with Gasteiger partial charge in [-0.1, -0.05) is 36.4 Å². The fourth-order valence-electron chi connectivity index (χ4n) is 3.90. The van der Waals surface area contributed by atoms with Gasteiger partial charge in [0.1, 0.15) is 18.4 Å². The van der Waals surface area contributed by atoms with Gasteiger partial charge in [-0.15, -0.1) is 0 Å². The highest BCUT2D eigenvalue weighted by atomic mass is 16.5. The summed E-state index contributed by atoms with van der Waals surface area (Å²) in [6.07, 6.45) is 1.14. The van der Waals surface area contributed by atoms with Crippen LogP contribution in [0.5, 0.6) is 11.5 Å². The van der Waals surface area contributed by atoms with E-state index in [1.807, 2.05) is 48.5 Å². The minimum absolute atomic E-state index is 0.0271. The molecule has 1 heterocycles. The predicted molar refractivity (Wildman–Crippen MR) is 120 cm³/mol. The number of nitrogens with one attached hydrogen (secondary N) is 1. The highest BCUT2D eigenvalue weighted by Crippen LogP contribution is 2.38. The molecule has 1 aliphatic heterocycles. The molecular formula is C25H31NO6. The lowest BCUT2D eigenvalue weighted by Crippen LogP contribution is -2.33. The predicted octanol–water partition coefficient (Wildman–Crippen LogP) is 3.46. The Kier molecular flexibility index (Phi) is 8.64. The molecule has 0 bridgehead atoms. The number of carbonyl (C=O) groups excluding carboxylic acids is 2. The van der Waals surface area contributed by atoms with E-state index in [2.05, 4.69) is 5.32 Å². The van der Waals surface area contributed by atoms with Crippen LogP contribution in [0.1, 0.15) is 36.9 Å². The number of rotatable bonds is 11. The van der Waals surface area contributed by atoms with E-state index in [-0.39, 0.29) is 30.3 Å². The van der Waals surface area contributed by atoms with E-state index in [4.69, 9.17) is 18.9 Å². The summed E-state index contributed by atoms with van der Waals surface area (Å²) in [5.41, 5.74) is 1.79. The summed E-state index contributed by atoms with van der Waals surface area (Å²) in [6, 6.07) is 14.2. The molecule has 3 atom stereocenters. The van der Waals surface area contributed by atoms with Gasteiger partial charge in [0.05, 0.1) is 13.7 Å². The Bertz CT molecular complexity index is 901. The second-order valence-electron chi connectivity index (χ2n) is 7.85. The fourth-order valence-corrected chi connectivity index (χ4v) is 3.90. The highest BCUT2D eigenvalue weighted by molar-refractivity contribution is 5.83. The summed E-state index contributed by atoms with van der Waals surface area (Å²) in [5.74, 6) is 0.549. The molecule has 2 aromatic rings. The molecule has 0 radical (unpaired) electrons. The highest BCUT2D eigenvalue weighted by Gasteiger charge is 2.41. The van der Waals surface area contributed by atoms with Gasteiger partial charge in [0, 0.05) is 32.1 Å². The number of hydrogen-bond donors (Lipinski definition) is 1. The van der Waals surface area contributed by atoms with Crippen LogP contribution in [0.3, 0.4) is 0 Å². The van der Waals surface area contributed by atoms with Gasteiger partial charge in [-0.05, 0) is 36.6 Å². The van der Waals surface area contributed by atoms with Crippen molar-refractivity contribution in [3.05, 3.63) is 59.7 Å². The Morgan fingerprint density at radius 2 is 1.81 bits per heavy atom. The molecular weight excluding hydrogens is 410 g/mol. The molecule has 2 aromatic carbocycles. The average Bonchev–Trinajstić information content (AvgIpc) is 3.27. The van der Waals surface area contributed by atoms with Gasteiger partial charge < -0.3 is 18.9 Å². The van der Waals surface area contributed by atoms with Crippen molar-refractivity contribution in [3.63, 3.8) is 0 Å². The summed E-state index contributed by atoms with van der Waals surface area (Å²) >= 11 is 0. The second kappa shape index (κ2) is 11.6. The van der Waals surface area contributed by atoms with Crippen LogP contribution in [0.15, 0.2) is 48.5 Å². The average molecular weight is 442 g/mol. The first-order valence-electron chi connectivity index (χ1n) is 10.8. The Morgan fingerprint density at radius 3 is 2.50 bits per heavy atom. The van der Waals surface area contributed by atoms with Gasteiger partial charge in [-0.3, -0.25) is 14.9 Å². The Balaban J connectivity index is 1.71. The van der Waals surface area contributed by atoms with Gasteiger partial charge in [0.25, 0.3) is 0 Å². The van der Waals surface area contributed by atoms with Gasteiger partial charge >= 0.3 is 5.97 Å². The molecule has 7 nitrogen and oxygen atoms in total. The molecule has 172 valence electrons. The summed E-state index contributed by atoms with van der Waals surface area (Å²) < 4.78 is 21.8. The first kappa shape index (κ1) is 23.8. The van der Waals surface area contributed by atoms with Crippen molar-refractivity contribution in [1.82, 2.24) is 5.32 Å². The lowest BCUT2D eigenvalue weighted by Gasteiger charge is -2.20. The molecule has 3 rings (SSSR count). The summed E-state index contributed by atoms with van der Waals surface area (Å²) in [5, 5.41) is 3.30. The monoisotopic (exact) mass is 441 g/mol. The quantitative estimate of drug-likeness (QED) is 0.422. The number of ketones is 1. The zero-order valence-electron chi connectivity index (χ0n) is 18.8. The number of Topliss-reactive ketones (excluding diaryl/α,β-unsaturated/α-hetero) is 1. The van der Waals surface area contributed by atoms with E-state index in [1.165, 1.54) is 0 Å². The summed E-state index contributed by atoms with van der Waals surface area (Å²) in [4.78, 5) is 25.0. The van der Waals surface area contributed by atoms with Crippen LogP contribution in [0, 0.1) is 5.92 Å². The number of esters is 1. The topological polar surface area (TPSA) is 83.1 Å². The standard InChI is InChI=1S/C25H31NO6/c1-17(27)20-15-21(25(28)32-16-18-8-5-4-6-9-18)26-24(20)19-10-11-22(30-3)23(14-19)31-13-7-12-29-2/h4-6,8-11,14,20-21,24,26H,7,12-13,15-16H2,1-3H3. The third-order valence-corrected chi connectivity index (χ3v) is 5.60. The lowest BCUT2D eigenvalue weighted by atomic mass is 9.90. The van der Waals surface area contributed by atoms with E-state index in [1.54, 1.807) is 21.1 Å². The van der Waals surface area contributed by atoms with E-state index in [9.17, 15) is 9.59 Å². The van der Waals surface area contributed by atoms with Gasteiger partial charge in [0.2, 0.25) is 0 Å². The third-order valence-electron chi connectivity index (χ3n) is 5.60. The van der Waals surface area contributed by atoms with Crippen LogP contribution in [0.25, 0.3) is 0 Å². The SMILES string of the molecule is COCCCOc1cc(C2NC(C(=O)OCc3ccccc3)CC2C(C)=O)ccc1OC. The van der Waals surface area contributed by atoms with Gasteiger partial charge in [0.15, 0.2) is 11.5 Å². The van der Waals surface area contributed by atoms with Crippen molar-refractivity contribution < 1.29 is 28.5 Å². The lowest BCUT2D eigenvalue weighted by molar-refractivity contribution is -0.147. The van der Waals surface area contributed by atoms with Crippen LogP contribution in [0.2, 0.25) is 0 Å². The smallest absolute Gasteiger partial charge is 0.323 e. The Hall–Kier alpha value is -2.90. The molecule has 3 unspecified atom stereocenters. The zero-order chi connectivity index (χ0) is 22.9. The van der Waals surface area contributed by atoms with E-state index < -0.39 is 6.04 Å². The molecule has 0 aromatic heterocycles. The first-order valence-corrected chi connectivity index (χ1v) is 10.8. The Morgan fingerprint density at radius 1 is 1.03 bits per heavy atom. The first-order chi connectivity index (χ1) is 15.5. The van der Waals surface area contributed by atoms with Crippen molar-refractivity contribution in [2.45, 2.75) is 38.5 Å². The van der Waals surface area contributed by atoms with E-state index in [0.29, 0.717) is 31.1 Å². The second-order valence-corrected chi connectivity index (χ2v) is 7.85. The zero-order valence-corrected chi connectivity index (χ0v) is 18.8. The van der Waals surface area contributed by atoms with Crippen LogP contribution >= 0.6 is 0 Å². The van der Waals surface area contributed by atoms with Crippen LogP contribution in [-0.4, -0.2) is 45.2 Å². The molecule has 0 saturated carbocycles. The number of methoxy groups -OCH3 is 2. The molecule has 1 saturated heterocycles. The van der Waals surface area contributed by atoms with Crippen molar-refractivity contribution in [2.75, 3.05) is 27.4 Å². The van der Waals surface area contributed by atoms with Crippen LogP contribution in [0.4, 0.5) is 0 Å². The largest absolute Gasteiger partial charge is 0.493 e. The Labute approximate surface area is 189 Å². The number of carbonyl (C=O) groups is 2. The number of hydrogen-bond acceptors (Lipinski definition) is 7. The maximum Gasteiger partial charge on any atom is 0.323 e. The molecule has 32 heavy (non-hydrogen) atoms. The van der Waals surface area contributed by atoms with Crippen molar-refractivity contribution >= 4 is 11.8 Å². The normalized spacial score (nSPS) is 20.0. The fraction of sp³-hybridized carbons (Fsp3) is 0.440. The van der Waals surface area contributed by atoms with Crippen LogP contribution < -0.4 is 14.8 Å². The van der Waals surface area contributed by atoms with Crippen molar-refractivity contribution in [1.29, 1.82) is 0 Å². The number of benzene rings is 2. The maximum atomic E-state index is 12.7. The van der Waals surface area contributed by atoms with Crippen LogP contribution in [-0.2, 0) is 25.7 Å². The molecule has 7 heteroatoms. The maximum absolute atomic E-state index is 12.7. The molecule has 0 spiro atoms. The van der Waals surface area contributed by atoms with Gasteiger partial charge in [-0.2, -0.15) is 0 Å².